The molecular weight excluding hydrogens is 348 g/mol. The Labute approximate surface area is 140 Å². The first-order valence-electron chi connectivity index (χ1n) is 6.98. The van der Waals surface area contributed by atoms with Crippen molar-refractivity contribution in [1.29, 1.82) is 0 Å². The van der Waals surface area contributed by atoms with Gasteiger partial charge in [0.05, 0.1) is 23.1 Å². The first-order valence-corrected chi connectivity index (χ1v) is 7.36. The van der Waals surface area contributed by atoms with Gasteiger partial charge in [0.1, 0.15) is 11.7 Å². The van der Waals surface area contributed by atoms with Crippen LogP contribution in [-0.2, 0) is 14.3 Å². The van der Waals surface area contributed by atoms with Gasteiger partial charge in [0, 0.05) is 5.69 Å². The monoisotopic (exact) mass is 359 g/mol. The maximum atomic E-state index is 12.4. The van der Waals surface area contributed by atoms with Crippen LogP contribution in [0.5, 0.6) is 5.75 Å². The van der Waals surface area contributed by atoms with E-state index in [-0.39, 0.29) is 16.5 Å². The Hall–Kier alpha value is -2.19. The minimum Gasteiger partial charge on any atom is -0.481 e. The van der Waals surface area contributed by atoms with Crippen molar-refractivity contribution in [3.05, 3.63) is 35.4 Å². The van der Waals surface area contributed by atoms with Gasteiger partial charge in [-0.05, 0) is 18.2 Å². The summed E-state index contributed by atoms with van der Waals surface area (Å²) in [6, 6.07) is 3.77. The highest BCUT2D eigenvalue weighted by atomic mass is 35.5. The molecule has 4 atom stereocenters. The van der Waals surface area contributed by atoms with Crippen LogP contribution in [0.1, 0.15) is 0 Å². The second kappa shape index (κ2) is 6.37. The summed E-state index contributed by atoms with van der Waals surface area (Å²) in [4.78, 5) is 23.8. The molecule has 2 heterocycles. The molecule has 1 amide bonds. The van der Waals surface area contributed by atoms with E-state index in [2.05, 4.69) is 10.1 Å². The van der Waals surface area contributed by atoms with Crippen molar-refractivity contribution in [1.82, 2.24) is 0 Å². The van der Waals surface area contributed by atoms with Gasteiger partial charge in [0.25, 0.3) is 0 Å². The molecule has 1 aromatic rings. The number of benzene rings is 1. The molecule has 6 nitrogen and oxygen atoms in total. The molecule has 3 rings (SSSR count). The summed E-state index contributed by atoms with van der Waals surface area (Å²) in [5.74, 6) is -3.74. The maximum absolute atomic E-state index is 12.4. The van der Waals surface area contributed by atoms with Gasteiger partial charge in [-0.1, -0.05) is 23.8 Å². The lowest BCUT2D eigenvalue weighted by Gasteiger charge is -2.21. The minimum absolute atomic E-state index is 0.105. The highest BCUT2D eigenvalue weighted by molar-refractivity contribution is 6.32. The van der Waals surface area contributed by atoms with Gasteiger partial charge >= 0.3 is 12.6 Å². The Kier molecular flexibility index (Phi) is 4.42. The number of alkyl halides is 2. The molecule has 128 valence electrons. The fourth-order valence-electron chi connectivity index (χ4n) is 2.91. The van der Waals surface area contributed by atoms with E-state index in [1.165, 1.54) is 18.2 Å². The second-order valence-corrected chi connectivity index (χ2v) is 5.76. The number of rotatable bonds is 5. The largest absolute Gasteiger partial charge is 0.481 e. The Morgan fingerprint density at radius 2 is 1.92 bits per heavy atom. The fourth-order valence-corrected chi connectivity index (χ4v) is 3.14. The highest BCUT2D eigenvalue weighted by Gasteiger charge is 2.53. The van der Waals surface area contributed by atoms with Crippen LogP contribution >= 0.6 is 11.6 Å². The molecule has 0 radical (unpaired) electrons. The lowest BCUT2D eigenvalue weighted by Crippen LogP contribution is -2.39. The molecule has 1 saturated heterocycles. The molecule has 0 spiro atoms. The van der Waals surface area contributed by atoms with E-state index in [1.54, 1.807) is 12.2 Å². The van der Waals surface area contributed by atoms with E-state index in [9.17, 15) is 23.5 Å². The van der Waals surface area contributed by atoms with Gasteiger partial charge < -0.3 is 19.9 Å². The summed E-state index contributed by atoms with van der Waals surface area (Å²) < 4.78 is 34.0. The zero-order valence-corrected chi connectivity index (χ0v) is 12.7. The molecule has 2 bridgehead atoms. The maximum Gasteiger partial charge on any atom is 0.387 e. The van der Waals surface area contributed by atoms with Crippen molar-refractivity contribution in [2.75, 3.05) is 5.32 Å². The number of carboxylic acids is 1. The smallest absolute Gasteiger partial charge is 0.387 e. The fraction of sp³-hybridized carbons (Fsp3) is 0.333. The molecule has 0 aromatic heterocycles. The van der Waals surface area contributed by atoms with Gasteiger partial charge in [0.15, 0.2) is 0 Å². The van der Waals surface area contributed by atoms with Crippen LogP contribution < -0.4 is 10.1 Å². The zero-order valence-electron chi connectivity index (χ0n) is 12.0. The number of anilines is 1. The van der Waals surface area contributed by atoms with Crippen LogP contribution in [0.3, 0.4) is 0 Å². The Morgan fingerprint density at radius 1 is 1.25 bits per heavy atom. The van der Waals surface area contributed by atoms with E-state index in [0.29, 0.717) is 0 Å². The molecule has 0 aliphatic carbocycles. The van der Waals surface area contributed by atoms with Crippen LogP contribution in [0.15, 0.2) is 30.4 Å². The molecule has 0 saturated carbocycles. The van der Waals surface area contributed by atoms with Crippen LogP contribution in [0.4, 0.5) is 14.5 Å². The van der Waals surface area contributed by atoms with Gasteiger partial charge in [-0.25, -0.2) is 0 Å². The van der Waals surface area contributed by atoms with E-state index in [4.69, 9.17) is 16.3 Å². The minimum atomic E-state index is -3.02. The van der Waals surface area contributed by atoms with E-state index < -0.39 is 42.5 Å². The predicted octanol–water partition coefficient (Wildman–Crippen LogP) is 2.53. The lowest BCUT2D eigenvalue weighted by atomic mass is 9.82. The number of fused-ring (bicyclic) bond motifs is 2. The van der Waals surface area contributed by atoms with Crippen molar-refractivity contribution in [3.8, 4) is 5.75 Å². The number of nitrogens with one attached hydrogen (secondary N) is 1. The number of hydrogen-bond donors (Lipinski definition) is 2. The van der Waals surface area contributed by atoms with Crippen molar-refractivity contribution < 1.29 is 33.0 Å². The number of aliphatic carboxylic acids is 1. The molecular formula is C15H12ClF2NO5. The summed E-state index contributed by atoms with van der Waals surface area (Å²) in [5.41, 5.74) is 0.238. The topological polar surface area (TPSA) is 84.9 Å². The van der Waals surface area contributed by atoms with Gasteiger partial charge in [-0.15, -0.1) is 0 Å². The molecule has 9 heteroatoms. The van der Waals surface area contributed by atoms with Crippen molar-refractivity contribution in [2.24, 2.45) is 11.8 Å². The van der Waals surface area contributed by atoms with Crippen molar-refractivity contribution >= 4 is 29.2 Å². The number of carbonyl (C=O) groups excluding carboxylic acids is 1. The number of ether oxygens (including phenoxy) is 2. The van der Waals surface area contributed by atoms with Crippen LogP contribution in [0.2, 0.25) is 5.02 Å². The van der Waals surface area contributed by atoms with Crippen LogP contribution in [0.25, 0.3) is 0 Å². The van der Waals surface area contributed by atoms with Crippen molar-refractivity contribution in [3.63, 3.8) is 0 Å². The summed E-state index contributed by atoms with van der Waals surface area (Å²) in [6.07, 6.45) is 2.04. The average molecular weight is 360 g/mol. The predicted molar refractivity (Wildman–Crippen MR) is 79.1 cm³/mol. The summed E-state index contributed by atoms with van der Waals surface area (Å²) in [6.45, 7) is -3.02. The Bertz CT molecular complexity index is 711. The Morgan fingerprint density at radius 3 is 2.50 bits per heavy atom. The van der Waals surface area contributed by atoms with Gasteiger partial charge in [0.2, 0.25) is 5.91 Å². The highest BCUT2D eigenvalue weighted by Crippen LogP contribution is 2.40. The van der Waals surface area contributed by atoms with E-state index >= 15 is 0 Å². The number of carboxylic acid groups (broad SMARTS) is 1. The van der Waals surface area contributed by atoms with Gasteiger partial charge in [-0.3, -0.25) is 9.59 Å². The summed E-state index contributed by atoms with van der Waals surface area (Å²) in [5, 5.41) is 11.7. The first kappa shape index (κ1) is 16.7. The number of halogens is 3. The third-order valence-electron chi connectivity index (χ3n) is 3.90. The summed E-state index contributed by atoms with van der Waals surface area (Å²) >= 11 is 5.82. The Balaban J connectivity index is 1.74. The third-order valence-corrected chi connectivity index (χ3v) is 4.20. The molecule has 2 aliphatic rings. The lowest BCUT2D eigenvalue weighted by molar-refractivity contribution is -0.145. The second-order valence-electron chi connectivity index (χ2n) is 5.35. The number of amides is 1. The number of hydrogen-bond acceptors (Lipinski definition) is 4. The SMILES string of the molecule is O=C(O)[C@@H]1[C@H](C(=O)Nc2ccc(OC(F)F)c(Cl)c2)[C@@H]2C=C[C@@H]1O2. The number of carbonyl (C=O) groups is 2. The molecule has 0 unspecified atom stereocenters. The normalized spacial score (nSPS) is 27.5. The van der Waals surface area contributed by atoms with Crippen molar-refractivity contribution in [2.45, 2.75) is 18.8 Å². The van der Waals surface area contributed by atoms with Crippen LogP contribution in [0, 0.1) is 11.8 Å². The molecule has 24 heavy (non-hydrogen) atoms. The standard InChI is InChI=1S/C15H12ClF2NO5/c16-7-5-6(1-2-8(7)24-15(17)18)19-13(20)11-9-3-4-10(23-9)12(11)14(21)22/h1-5,9-12,15H,(H,19,20)(H,21,22)/t9-,10-,11+,12-/m0/s1. The van der Waals surface area contributed by atoms with Gasteiger partial charge in [-0.2, -0.15) is 8.78 Å². The zero-order chi connectivity index (χ0) is 17.4. The van der Waals surface area contributed by atoms with Crippen LogP contribution in [-0.4, -0.2) is 35.8 Å². The first-order chi connectivity index (χ1) is 11.4. The summed E-state index contributed by atoms with van der Waals surface area (Å²) in [7, 11) is 0. The molecule has 2 N–H and O–H groups in total. The molecule has 1 fully saturated rings. The van der Waals surface area contributed by atoms with E-state index in [1.807, 2.05) is 0 Å². The quantitative estimate of drug-likeness (QED) is 0.789. The average Bonchev–Trinajstić information content (AvgIpc) is 3.10. The molecule has 2 aliphatic heterocycles. The van der Waals surface area contributed by atoms with E-state index in [0.717, 1.165) is 0 Å². The molecule has 1 aromatic carbocycles. The third kappa shape index (κ3) is 3.07.